The average Bonchev–Trinajstić information content (AvgIpc) is 2.64. The molecule has 0 bridgehead atoms. The number of rotatable bonds is 9. The molecule has 0 saturated heterocycles. The molecule has 2 aromatic rings. The summed E-state index contributed by atoms with van der Waals surface area (Å²) >= 11 is 0. The number of carbonyl (C=O) groups excluding carboxylic acids is 1. The van der Waals surface area contributed by atoms with Crippen LogP contribution in [0.4, 0.5) is 0 Å². The van der Waals surface area contributed by atoms with Gasteiger partial charge >= 0.3 is 5.97 Å². The maximum absolute atomic E-state index is 12.2. The SMILES string of the molecule is N[C@@H](CCc1ccccc1)C(=O)N[C@@H](CCc1ccccc1)C(=O)O. The molecule has 2 aromatic carbocycles. The third kappa shape index (κ3) is 6.39. The summed E-state index contributed by atoms with van der Waals surface area (Å²) in [5.74, 6) is -1.46. The molecule has 0 heterocycles. The lowest BCUT2D eigenvalue weighted by Gasteiger charge is -2.18. The minimum Gasteiger partial charge on any atom is -0.480 e. The Morgan fingerprint density at radius 2 is 1.36 bits per heavy atom. The van der Waals surface area contributed by atoms with Gasteiger partial charge in [0, 0.05) is 0 Å². The number of carboxylic acids is 1. The molecule has 0 unspecified atom stereocenters. The van der Waals surface area contributed by atoms with Crippen molar-refractivity contribution < 1.29 is 14.7 Å². The van der Waals surface area contributed by atoms with E-state index in [4.69, 9.17) is 5.73 Å². The zero-order valence-electron chi connectivity index (χ0n) is 14.1. The molecule has 0 fully saturated rings. The van der Waals surface area contributed by atoms with Crippen LogP contribution in [0.25, 0.3) is 0 Å². The first-order chi connectivity index (χ1) is 12.1. The van der Waals surface area contributed by atoms with Crippen LogP contribution in [0.1, 0.15) is 24.0 Å². The van der Waals surface area contributed by atoms with Crippen molar-refractivity contribution >= 4 is 11.9 Å². The van der Waals surface area contributed by atoms with Gasteiger partial charge in [-0.05, 0) is 36.8 Å². The average molecular weight is 340 g/mol. The highest BCUT2D eigenvalue weighted by molar-refractivity contribution is 5.86. The molecule has 5 nitrogen and oxygen atoms in total. The van der Waals surface area contributed by atoms with Gasteiger partial charge in [-0.3, -0.25) is 4.79 Å². The first-order valence-electron chi connectivity index (χ1n) is 8.43. The Morgan fingerprint density at radius 1 is 0.880 bits per heavy atom. The van der Waals surface area contributed by atoms with Crippen molar-refractivity contribution in [3.8, 4) is 0 Å². The topological polar surface area (TPSA) is 92.4 Å². The van der Waals surface area contributed by atoms with Gasteiger partial charge in [0.05, 0.1) is 6.04 Å². The van der Waals surface area contributed by atoms with Crippen molar-refractivity contribution in [2.24, 2.45) is 5.73 Å². The molecule has 132 valence electrons. The van der Waals surface area contributed by atoms with Gasteiger partial charge in [0.15, 0.2) is 0 Å². The summed E-state index contributed by atoms with van der Waals surface area (Å²) < 4.78 is 0. The van der Waals surface area contributed by atoms with E-state index in [0.717, 1.165) is 11.1 Å². The van der Waals surface area contributed by atoms with Crippen LogP contribution >= 0.6 is 0 Å². The monoisotopic (exact) mass is 340 g/mol. The smallest absolute Gasteiger partial charge is 0.326 e. The van der Waals surface area contributed by atoms with E-state index in [0.29, 0.717) is 25.7 Å². The van der Waals surface area contributed by atoms with E-state index in [9.17, 15) is 14.7 Å². The predicted molar refractivity (Wildman–Crippen MR) is 97.1 cm³/mol. The second-order valence-electron chi connectivity index (χ2n) is 6.05. The minimum absolute atomic E-state index is 0.330. The van der Waals surface area contributed by atoms with Gasteiger partial charge in [-0.25, -0.2) is 4.79 Å². The molecule has 0 radical (unpaired) electrons. The van der Waals surface area contributed by atoms with E-state index < -0.39 is 24.0 Å². The molecule has 1 amide bonds. The van der Waals surface area contributed by atoms with Gasteiger partial charge in [0.1, 0.15) is 6.04 Å². The van der Waals surface area contributed by atoms with E-state index >= 15 is 0 Å². The van der Waals surface area contributed by atoms with E-state index in [1.807, 2.05) is 60.7 Å². The largest absolute Gasteiger partial charge is 0.480 e. The van der Waals surface area contributed by atoms with Crippen LogP contribution in [0.2, 0.25) is 0 Å². The lowest BCUT2D eigenvalue weighted by Crippen LogP contribution is -2.48. The zero-order valence-corrected chi connectivity index (χ0v) is 14.1. The number of benzene rings is 2. The van der Waals surface area contributed by atoms with Crippen LogP contribution < -0.4 is 11.1 Å². The van der Waals surface area contributed by atoms with Gasteiger partial charge in [-0.15, -0.1) is 0 Å². The van der Waals surface area contributed by atoms with Crippen molar-refractivity contribution in [1.82, 2.24) is 5.32 Å². The summed E-state index contributed by atoms with van der Waals surface area (Å²) in [6.45, 7) is 0. The van der Waals surface area contributed by atoms with Crippen molar-refractivity contribution in [3.63, 3.8) is 0 Å². The highest BCUT2D eigenvalue weighted by Gasteiger charge is 2.23. The number of hydrogen-bond donors (Lipinski definition) is 3. The van der Waals surface area contributed by atoms with Gasteiger partial charge < -0.3 is 16.2 Å². The third-order valence-electron chi connectivity index (χ3n) is 4.10. The lowest BCUT2D eigenvalue weighted by atomic mass is 10.0. The van der Waals surface area contributed by atoms with Crippen molar-refractivity contribution in [1.29, 1.82) is 0 Å². The molecule has 5 heteroatoms. The number of carbonyl (C=O) groups is 2. The number of amides is 1. The number of hydrogen-bond acceptors (Lipinski definition) is 3. The third-order valence-corrected chi connectivity index (χ3v) is 4.10. The molecule has 2 rings (SSSR count). The van der Waals surface area contributed by atoms with E-state index in [-0.39, 0.29) is 0 Å². The highest BCUT2D eigenvalue weighted by atomic mass is 16.4. The molecule has 0 aliphatic heterocycles. The highest BCUT2D eigenvalue weighted by Crippen LogP contribution is 2.07. The number of aliphatic carboxylic acids is 1. The van der Waals surface area contributed by atoms with Crippen LogP contribution in [-0.4, -0.2) is 29.1 Å². The number of nitrogens with two attached hydrogens (primary N) is 1. The summed E-state index contributed by atoms with van der Waals surface area (Å²) in [6.07, 6.45) is 2.06. The Labute approximate surface area is 147 Å². The Balaban J connectivity index is 1.83. The van der Waals surface area contributed by atoms with Crippen LogP contribution in [0.15, 0.2) is 60.7 Å². The quantitative estimate of drug-likeness (QED) is 0.652. The lowest BCUT2D eigenvalue weighted by molar-refractivity contribution is -0.142. The molecule has 25 heavy (non-hydrogen) atoms. The molecule has 0 spiro atoms. The summed E-state index contributed by atoms with van der Waals surface area (Å²) in [7, 11) is 0. The van der Waals surface area contributed by atoms with Gasteiger partial charge in [-0.2, -0.15) is 0 Å². The molecule has 4 N–H and O–H groups in total. The first-order valence-corrected chi connectivity index (χ1v) is 8.43. The number of carboxylic acid groups (broad SMARTS) is 1. The van der Waals surface area contributed by atoms with Crippen LogP contribution in [0, 0.1) is 0 Å². The van der Waals surface area contributed by atoms with E-state index in [2.05, 4.69) is 5.32 Å². The summed E-state index contributed by atoms with van der Waals surface area (Å²) in [6, 6.07) is 17.7. The van der Waals surface area contributed by atoms with E-state index in [1.165, 1.54) is 0 Å². The van der Waals surface area contributed by atoms with Crippen molar-refractivity contribution in [3.05, 3.63) is 71.8 Å². The normalized spacial score (nSPS) is 13.0. The fraction of sp³-hybridized carbons (Fsp3) is 0.300. The van der Waals surface area contributed by atoms with Gasteiger partial charge in [0.25, 0.3) is 0 Å². The van der Waals surface area contributed by atoms with E-state index in [1.54, 1.807) is 0 Å². The van der Waals surface area contributed by atoms with Gasteiger partial charge in [0.2, 0.25) is 5.91 Å². The Hall–Kier alpha value is -2.66. The fourth-order valence-electron chi connectivity index (χ4n) is 2.59. The maximum Gasteiger partial charge on any atom is 0.326 e. The van der Waals surface area contributed by atoms with Crippen LogP contribution in [0.5, 0.6) is 0 Å². The summed E-state index contributed by atoms with van der Waals surface area (Å²) in [5, 5.41) is 11.9. The van der Waals surface area contributed by atoms with Crippen LogP contribution in [-0.2, 0) is 22.4 Å². The minimum atomic E-state index is -1.04. The molecule has 0 aliphatic rings. The van der Waals surface area contributed by atoms with Gasteiger partial charge in [-0.1, -0.05) is 60.7 Å². The second kappa shape index (κ2) is 9.59. The Bertz CT molecular complexity index is 674. The second-order valence-corrected chi connectivity index (χ2v) is 6.05. The fourth-order valence-corrected chi connectivity index (χ4v) is 2.59. The Kier molecular flexibility index (Phi) is 7.16. The zero-order chi connectivity index (χ0) is 18.1. The first kappa shape index (κ1) is 18.7. The van der Waals surface area contributed by atoms with Crippen LogP contribution in [0.3, 0.4) is 0 Å². The predicted octanol–water partition coefficient (Wildman–Crippen LogP) is 2.15. The maximum atomic E-state index is 12.2. The van der Waals surface area contributed by atoms with Crippen molar-refractivity contribution in [2.75, 3.05) is 0 Å². The molecule has 0 saturated carbocycles. The summed E-state index contributed by atoms with van der Waals surface area (Å²) in [5.41, 5.74) is 8.06. The molecule has 0 aromatic heterocycles. The molecular formula is C20H24N2O3. The number of nitrogens with one attached hydrogen (secondary N) is 1. The summed E-state index contributed by atoms with van der Waals surface area (Å²) in [4.78, 5) is 23.6. The van der Waals surface area contributed by atoms with Crippen molar-refractivity contribution in [2.45, 2.75) is 37.8 Å². The standard InChI is InChI=1S/C20H24N2O3/c21-17(13-11-15-7-3-1-4-8-15)19(23)22-18(20(24)25)14-12-16-9-5-2-6-10-16/h1-10,17-18H,11-14,21H2,(H,22,23)(H,24,25)/t17-,18-/m0/s1. The molecular weight excluding hydrogens is 316 g/mol. The Morgan fingerprint density at radius 3 is 1.84 bits per heavy atom. The molecule has 0 aliphatic carbocycles. The molecule has 2 atom stereocenters. The number of aryl methyl sites for hydroxylation is 2.